The normalized spacial score (nSPS) is 11.8. The summed E-state index contributed by atoms with van der Waals surface area (Å²) in [5.74, 6) is -0.624. The molecule has 30 heavy (non-hydrogen) atoms. The molecule has 2 rings (SSSR count). The summed E-state index contributed by atoms with van der Waals surface area (Å²) in [5, 5.41) is 9.27. The van der Waals surface area contributed by atoms with Crippen molar-refractivity contribution in [1.82, 2.24) is 24.4 Å². The minimum Gasteiger partial charge on any atom is -0.480 e. The third-order valence-electron chi connectivity index (χ3n) is 4.16. The molecule has 0 unspecified atom stereocenters. The quantitative estimate of drug-likeness (QED) is 0.162. The maximum atomic E-state index is 12.0. The van der Waals surface area contributed by atoms with Crippen molar-refractivity contribution >= 4 is 41.0 Å². The second kappa shape index (κ2) is 11.8. The van der Waals surface area contributed by atoms with E-state index in [9.17, 15) is 14.7 Å². The number of H-pyrrole nitrogens is 1. The number of aliphatic imine (C=N–C) groups is 1. The predicted octanol–water partition coefficient (Wildman–Crippen LogP) is 1.16. The van der Waals surface area contributed by atoms with Gasteiger partial charge in [0.05, 0.1) is 19.1 Å². The van der Waals surface area contributed by atoms with Crippen LogP contribution in [0.3, 0.4) is 0 Å². The summed E-state index contributed by atoms with van der Waals surface area (Å²) in [6, 6.07) is -1.23. The monoisotopic (exact) mass is 440 g/mol. The van der Waals surface area contributed by atoms with Gasteiger partial charge >= 0.3 is 12.1 Å². The van der Waals surface area contributed by atoms with E-state index in [0.717, 1.165) is 18.4 Å². The first-order chi connectivity index (χ1) is 14.4. The Hall–Kier alpha value is -3.15. The Morgan fingerprint density at radius 2 is 2.07 bits per heavy atom. The number of rotatable bonds is 12. The number of aromatic amines is 1. The molecule has 0 radical (unpaired) electrons. The lowest BCUT2D eigenvalue weighted by molar-refractivity contribution is -0.141. The van der Waals surface area contributed by atoms with Crippen molar-refractivity contribution in [2.24, 2.45) is 16.5 Å². The number of imidazole rings is 1. The van der Waals surface area contributed by atoms with Gasteiger partial charge in [-0.15, -0.1) is 0 Å². The molecule has 0 aliphatic carbocycles. The van der Waals surface area contributed by atoms with Gasteiger partial charge in [-0.2, -0.15) is 0 Å². The fourth-order valence-corrected chi connectivity index (χ4v) is 2.86. The number of halogens is 1. The molecule has 2 aromatic heterocycles. The zero-order valence-corrected chi connectivity index (χ0v) is 17.1. The van der Waals surface area contributed by atoms with Crippen molar-refractivity contribution in [2.45, 2.75) is 44.6 Å². The lowest BCUT2D eigenvalue weighted by Gasteiger charge is -2.21. The Labute approximate surface area is 177 Å². The van der Waals surface area contributed by atoms with Gasteiger partial charge in [0.2, 0.25) is 0 Å². The Balaban J connectivity index is 1.65. The summed E-state index contributed by atoms with van der Waals surface area (Å²) < 4.78 is 5.62. The van der Waals surface area contributed by atoms with Crippen LogP contribution in [0.25, 0.3) is 11.2 Å². The molecule has 1 atom stereocenters. The van der Waals surface area contributed by atoms with Crippen molar-refractivity contribution in [2.75, 3.05) is 13.2 Å². The van der Waals surface area contributed by atoms with Gasteiger partial charge in [0, 0.05) is 24.7 Å². The van der Waals surface area contributed by atoms with Crippen LogP contribution in [-0.4, -0.2) is 66.7 Å². The number of guanidine groups is 1. The largest absolute Gasteiger partial charge is 0.480 e. The van der Waals surface area contributed by atoms with E-state index in [2.05, 4.69) is 24.9 Å². The molecule has 0 bridgehead atoms. The smallest absolute Gasteiger partial charge is 0.425 e. The van der Waals surface area contributed by atoms with Gasteiger partial charge < -0.3 is 26.3 Å². The highest BCUT2D eigenvalue weighted by molar-refractivity contribution is 6.21. The number of nitrogens with one attached hydrogen (secondary N) is 1. The van der Waals surface area contributed by atoms with Gasteiger partial charge in [0.15, 0.2) is 11.6 Å². The number of unbranched alkanes of at least 4 members (excludes halogenated alkanes) is 2. The topological polar surface area (TPSA) is 186 Å². The summed E-state index contributed by atoms with van der Waals surface area (Å²) in [7, 11) is 0. The molecule has 0 aromatic carbocycles. The summed E-state index contributed by atoms with van der Waals surface area (Å²) >= 11 is 5.86. The van der Waals surface area contributed by atoms with E-state index in [0.29, 0.717) is 35.2 Å². The molecule has 0 fully saturated rings. The Morgan fingerprint density at radius 3 is 2.80 bits per heavy atom. The van der Waals surface area contributed by atoms with E-state index < -0.39 is 18.1 Å². The third kappa shape index (κ3) is 7.35. The average molecular weight is 441 g/mol. The van der Waals surface area contributed by atoms with E-state index >= 15 is 0 Å². The zero-order chi connectivity index (χ0) is 21.9. The number of amides is 1. The van der Waals surface area contributed by atoms with E-state index in [-0.39, 0.29) is 25.5 Å². The van der Waals surface area contributed by atoms with Crippen LogP contribution in [0.15, 0.2) is 17.5 Å². The van der Waals surface area contributed by atoms with Crippen LogP contribution in [0.1, 0.15) is 37.9 Å². The molecule has 2 heterocycles. The second-order valence-corrected chi connectivity index (χ2v) is 6.83. The van der Waals surface area contributed by atoms with Crippen LogP contribution in [0.5, 0.6) is 0 Å². The van der Waals surface area contributed by atoms with Crippen molar-refractivity contribution in [3.05, 3.63) is 18.3 Å². The van der Waals surface area contributed by atoms with Crippen molar-refractivity contribution in [3.63, 3.8) is 0 Å². The summed E-state index contributed by atoms with van der Waals surface area (Å²) in [4.78, 5) is 42.7. The first-order valence-electron chi connectivity index (χ1n) is 9.43. The van der Waals surface area contributed by atoms with Gasteiger partial charge in [-0.25, -0.2) is 29.0 Å². The summed E-state index contributed by atoms with van der Waals surface area (Å²) in [6.45, 7) is 0.365. The number of nitrogens with zero attached hydrogens (tertiary/aromatic N) is 5. The van der Waals surface area contributed by atoms with Gasteiger partial charge in [-0.1, -0.05) is 0 Å². The number of aliphatic carboxylic acids is 1. The summed E-state index contributed by atoms with van der Waals surface area (Å²) in [5.41, 5.74) is 11.8. The van der Waals surface area contributed by atoms with E-state index in [1.807, 2.05) is 0 Å². The minimum absolute atomic E-state index is 0.0859. The lowest BCUT2D eigenvalue weighted by Crippen LogP contribution is -2.39. The average Bonchev–Trinajstić information content (AvgIpc) is 3.17. The number of hydrogen-bond acceptors (Lipinski definition) is 7. The molecule has 0 aliphatic rings. The van der Waals surface area contributed by atoms with E-state index in [4.69, 9.17) is 28.0 Å². The van der Waals surface area contributed by atoms with Gasteiger partial charge in [0.1, 0.15) is 17.4 Å². The molecular formula is C17H25ClN8O4. The highest BCUT2D eigenvalue weighted by atomic mass is 35.5. The number of carboxylic acid groups (broad SMARTS) is 1. The Bertz CT molecular complexity index is 870. The van der Waals surface area contributed by atoms with Gasteiger partial charge in [0.25, 0.3) is 0 Å². The maximum Gasteiger partial charge on any atom is 0.425 e. The predicted molar refractivity (Wildman–Crippen MR) is 110 cm³/mol. The van der Waals surface area contributed by atoms with Crippen LogP contribution >= 0.6 is 11.8 Å². The molecule has 2 aromatic rings. The van der Waals surface area contributed by atoms with E-state index in [1.54, 1.807) is 12.5 Å². The number of aromatic nitrogens is 4. The third-order valence-corrected chi connectivity index (χ3v) is 4.53. The molecule has 0 saturated heterocycles. The molecule has 164 valence electrons. The van der Waals surface area contributed by atoms with Crippen molar-refractivity contribution in [3.8, 4) is 0 Å². The number of carboxylic acids is 1. The molecular weight excluding hydrogens is 416 g/mol. The fourth-order valence-electron chi connectivity index (χ4n) is 2.63. The zero-order valence-electron chi connectivity index (χ0n) is 16.3. The van der Waals surface area contributed by atoms with Crippen LogP contribution < -0.4 is 11.5 Å². The first-order valence-corrected chi connectivity index (χ1v) is 9.77. The number of fused-ring (bicyclic) bond motifs is 1. The number of nitrogens with two attached hydrogens (primary N) is 2. The Kier molecular flexibility index (Phi) is 9.06. The molecule has 0 aliphatic heterocycles. The lowest BCUT2D eigenvalue weighted by atomic mass is 10.1. The number of carbonyl (C=O) groups is 2. The van der Waals surface area contributed by atoms with Gasteiger partial charge in [-0.05, 0) is 32.1 Å². The van der Waals surface area contributed by atoms with Gasteiger partial charge in [-0.3, -0.25) is 4.99 Å². The molecule has 13 heteroatoms. The molecule has 6 N–H and O–H groups in total. The van der Waals surface area contributed by atoms with E-state index in [1.165, 1.54) is 0 Å². The van der Waals surface area contributed by atoms with Crippen molar-refractivity contribution in [1.29, 1.82) is 0 Å². The molecule has 0 saturated carbocycles. The SMILES string of the molecule is NC(N)=NCCC[C@H](C(=O)O)N(Cl)C(=O)OCCCCCc1ncc2[nH]cnc2n1. The highest BCUT2D eigenvalue weighted by Crippen LogP contribution is 2.14. The fraction of sp³-hybridized carbons (Fsp3) is 0.529. The maximum absolute atomic E-state index is 12.0. The van der Waals surface area contributed by atoms with Crippen LogP contribution in [0.4, 0.5) is 4.79 Å². The first kappa shape index (κ1) is 23.1. The van der Waals surface area contributed by atoms with Crippen LogP contribution in [-0.2, 0) is 16.0 Å². The van der Waals surface area contributed by atoms with Crippen molar-refractivity contribution < 1.29 is 19.4 Å². The number of aryl methyl sites for hydroxylation is 1. The van der Waals surface area contributed by atoms with Crippen LogP contribution in [0.2, 0.25) is 0 Å². The number of hydrogen-bond donors (Lipinski definition) is 4. The summed E-state index contributed by atoms with van der Waals surface area (Å²) in [6.07, 6.45) is 5.65. The standard InChI is InChI=1S/C17H25ClN8O4/c18-26(12(15(27)28)5-4-7-21-16(19)20)17(29)30-8-3-1-2-6-13-22-9-11-14(25-13)24-10-23-11/h9-10,12H,1-8H2,(H,27,28)(H4,19,20,21)(H,22,23,24,25)/t12-/m1/s1. The highest BCUT2D eigenvalue weighted by Gasteiger charge is 2.29. The second-order valence-electron chi connectivity index (χ2n) is 6.47. The Morgan fingerprint density at radius 1 is 1.27 bits per heavy atom. The number of carbonyl (C=O) groups excluding carboxylic acids is 1. The van der Waals surface area contributed by atoms with Crippen LogP contribution in [0, 0.1) is 0 Å². The minimum atomic E-state index is -1.24. The molecule has 12 nitrogen and oxygen atoms in total. The molecule has 0 spiro atoms. The number of ether oxygens (including phenoxy) is 1. The molecule has 1 amide bonds.